The highest BCUT2D eigenvalue weighted by Gasteiger charge is 2.45. The molecule has 2 unspecified atom stereocenters. The van der Waals surface area contributed by atoms with Crippen molar-refractivity contribution in [1.82, 2.24) is 9.97 Å². The number of rotatable bonds is 1. The second-order valence-electron chi connectivity index (χ2n) is 6.98. The van der Waals surface area contributed by atoms with E-state index in [1.54, 1.807) is 6.33 Å². The van der Waals surface area contributed by atoms with Crippen LogP contribution in [-0.4, -0.2) is 16.1 Å². The van der Waals surface area contributed by atoms with Crippen LogP contribution in [0.25, 0.3) is 0 Å². The summed E-state index contributed by atoms with van der Waals surface area (Å²) in [6, 6.07) is 17.3. The van der Waals surface area contributed by atoms with Crippen LogP contribution in [0, 0.1) is 12.8 Å². The van der Waals surface area contributed by atoms with Gasteiger partial charge < -0.3 is 9.80 Å². The Kier molecular flexibility index (Phi) is 3.07. The van der Waals surface area contributed by atoms with Crippen LogP contribution in [0.2, 0.25) is 0 Å². The summed E-state index contributed by atoms with van der Waals surface area (Å²) in [6.07, 6.45) is 4.89. The maximum Gasteiger partial charge on any atom is 0.162 e. The Morgan fingerprint density at radius 3 is 2.52 bits per heavy atom. The molecule has 25 heavy (non-hydrogen) atoms. The monoisotopic (exact) mass is 328 g/mol. The molecule has 2 aliphatic rings. The lowest BCUT2D eigenvalue weighted by Crippen LogP contribution is -2.47. The number of nitrogens with zero attached hydrogens (tertiary/aromatic N) is 4. The van der Waals surface area contributed by atoms with Gasteiger partial charge in [0.15, 0.2) is 5.82 Å². The Bertz CT molecular complexity index is 952. The summed E-state index contributed by atoms with van der Waals surface area (Å²) >= 11 is 0. The van der Waals surface area contributed by atoms with Crippen LogP contribution in [0.3, 0.4) is 0 Å². The van der Waals surface area contributed by atoms with E-state index < -0.39 is 0 Å². The molecule has 0 radical (unpaired) electrons. The minimum Gasteiger partial charge on any atom is -0.315 e. The Balaban J connectivity index is 1.77. The van der Waals surface area contributed by atoms with Crippen molar-refractivity contribution in [2.45, 2.75) is 26.4 Å². The fraction of sp³-hybridized carbons (Fsp3) is 0.238. The molecule has 0 saturated heterocycles. The average Bonchev–Trinajstić information content (AvgIpc) is 2.98. The minimum atomic E-state index is 0.225. The number of para-hydroxylation sites is 2. The summed E-state index contributed by atoms with van der Waals surface area (Å²) in [5, 5.41) is 0. The van der Waals surface area contributed by atoms with Gasteiger partial charge in [-0.25, -0.2) is 9.97 Å². The third-order valence-electron chi connectivity index (χ3n) is 5.37. The van der Waals surface area contributed by atoms with Crippen molar-refractivity contribution in [3.63, 3.8) is 0 Å². The van der Waals surface area contributed by atoms with Gasteiger partial charge in [0.2, 0.25) is 0 Å². The molecule has 0 bridgehead atoms. The van der Waals surface area contributed by atoms with Gasteiger partial charge in [-0.05, 0) is 42.5 Å². The van der Waals surface area contributed by atoms with E-state index in [9.17, 15) is 0 Å². The fourth-order valence-corrected chi connectivity index (χ4v) is 4.30. The summed E-state index contributed by atoms with van der Waals surface area (Å²) in [6.45, 7) is 4.50. The summed E-state index contributed by atoms with van der Waals surface area (Å²) < 4.78 is 0. The van der Waals surface area contributed by atoms with Crippen molar-refractivity contribution in [3.8, 4) is 0 Å². The summed E-state index contributed by atoms with van der Waals surface area (Å²) in [5.74, 6) is 1.48. The van der Waals surface area contributed by atoms with Crippen LogP contribution in [0.4, 0.5) is 22.9 Å². The van der Waals surface area contributed by atoms with Gasteiger partial charge in [-0.15, -0.1) is 0 Å². The molecule has 124 valence electrons. The lowest BCUT2D eigenvalue weighted by Gasteiger charge is -2.41. The molecule has 0 amide bonds. The van der Waals surface area contributed by atoms with Crippen LogP contribution in [0.15, 0.2) is 61.1 Å². The SMILES string of the molecule is Cc1ccccc1N1c2cncnc2N2c3ccccc3CC(C)C12. The topological polar surface area (TPSA) is 32.3 Å². The molecular formula is C21H20N4. The van der Waals surface area contributed by atoms with Gasteiger partial charge >= 0.3 is 0 Å². The third kappa shape index (κ3) is 2.00. The molecule has 3 aromatic rings. The fourth-order valence-electron chi connectivity index (χ4n) is 4.30. The van der Waals surface area contributed by atoms with Crippen LogP contribution < -0.4 is 9.80 Å². The molecule has 1 aromatic heterocycles. The quantitative estimate of drug-likeness (QED) is 0.654. The lowest BCUT2D eigenvalue weighted by molar-refractivity contribution is 0.445. The van der Waals surface area contributed by atoms with Crippen LogP contribution in [0.5, 0.6) is 0 Å². The number of anilines is 4. The van der Waals surface area contributed by atoms with Gasteiger partial charge in [-0.3, -0.25) is 0 Å². The highest BCUT2D eigenvalue weighted by Crippen LogP contribution is 2.52. The van der Waals surface area contributed by atoms with Crippen LogP contribution in [0.1, 0.15) is 18.1 Å². The van der Waals surface area contributed by atoms with Crippen molar-refractivity contribution in [1.29, 1.82) is 0 Å². The van der Waals surface area contributed by atoms with Crippen LogP contribution >= 0.6 is 0 Å². The van der Waals surface area contributed by atoms with Gasteiger partial charge in [0.05, 0.1) is 6.20 Å². The molecule has 4 heteroatoms. The van der Waals surface area contributed by atoms with E-state index in [1.807, 2.05) is 6.20 Å². The summed E-state index contributed by atoms with van der Waals surface area (Å²) in [4.78, 5) is 13.8. The van der Waals surface area contributed by atoms with E-state index in [0.29, 0.717) is 5.92 Å². The first kappa shape index (κ1) is 14.5. The van der Waals surface area contributed by atoms with E-state index in [0.717, 1.165) is 17.9 Å². The van der Waals surface area contributed by atoms with Crippen molar-refractivity contribution in [3.05, 3.63) is 72.2 Å². The molecule has 0 spiro atoms. The highest BCUT2D eigenvalue weighted by atomic mass is 15.5. The number of fused-ring (bicyclic) bond motifs is 5. The molecular weight excluding hydrogens is 308 g/mol. The molecule has 0 N–H and O–H groups in total. The number of hydrogen-bond acceptors (Lipinski definition) is 4. The minimum absolute atomic E-state index is 0.225. The molecule has 2 atom stereocenters. The van der Waals surface area contributed by atoms with Crippen molar-refractivity contribution < 1.29 is 0 Å². The van der Waals surface area contributed by atoms with Gasteiger partial charge in [0, 0.05) is 11.4 Å². The third-order valence-corrected chi connectivity index (χ3v) is 5.37. The molecule has 5 rings (SSSR count). The standard InChI is InChI=1S/C21H20N4/c1-14-7-3-5-9-17(14)24-19-12-22-13-23-20(19)25-18-10-6-4-8-16(18)11-15(2)21(24)25/h3-10,12-13,15,21H,11H2,1-2H3. The summed E-state index contributed by atoms with van der Waals surface area (Å²) in [7, 11) is 0. The normalized spacial score (nSPS) is 20.9. The molecule has 4 nitrogen and oxygen atoms in total. The van der Waals surface area contributed by atoms with E-state index in [1.165, 1.54) is 22.5 Å². The molecule has 0 saturated carbocycles. The van der Waals surface area contributed by atoms with Crippen molar-refractivity contribution >= 4 is 22.9 Å². The Hall–Kier alpha value is -2.88. The zero-order valence-electron chi connectivity index (χ0n) is 14.4. The second kappa shape index (κ2) is 5.31. The van der Waals surface area contributed by atoms with Crippen molar-refractivity contribution in [2.75, 3.05) is 9.80 Å². The van der Waals surface area contributed by atoms with E-state index in [2.05, 4.69) is 82.1 Å². The first-order chi connectivity index (χ1) is 12.3. The van der Waals surface area contributed by atoms with Gasteiger partial charge in [-0.2, -0.15) is 0 Å². The van der Waals surface area contributed by atoms with E-state index in [4.69, 9.17) is 0 Å². The number of aryl methyl sites for hydroxylation is 1. The molecule has 0 aliphatic carbocycles. The van der Waals surface area contributed by atoms with E-state index >= 15 is 0 Å². The lowest BCUT2D eigenvalue weighted by atomic mass is 9.90. The molecule has 3 heterocycles. The second-order valence-corrected chi connectivity index (χ2v) is 6.98. The van der Waals surface area contributed by atoms with Gasteiger partial charge in [-0.1, -0.05) is 43.3 Å². The molecule has 2 aliphatic heterocycles. The van der Waals surface area contributed by atoms with Crippen molar-refractivity contribution in [2.24, 2.45) is 5.92 Å². The maximum atomic E-state index is 4.66. The average molecular weight is 328 g/mol. The van der Waals surface area contributed by atoms with Crippen LogP contribution in [-0.2, 0) is 6.42 Å². The molecule has 2 aromatic carbocycles. The summed E-state index contributed by atoms with van der Waals surface area (Å²) in [5.41, 5.74) is 6.25. The Morgan fingerprint density at radius 1 is 0.920 bits per heavy atom. The number of benzene rings is 2. The maximum absolute atomic E-state index is 4.66. The molecule has 0 fully saturated rings. The smallest absolute Gasteiger partial charge is 0.162 e. The van der Waals surface area contributed by atoms with E-state index in [-0.39, 0.29) is 6.17 Å². The highest BCUT2D eigenvalue weighted by molar-refractivity contribution is 5.87. The number of hydrogen-bond donors (Lipinski definition) is 0. The largest absolute Gasteiger partial charge is 0.315 e. The Labute approximate surface area is 147 Å². The number of aromatic nitrogens is 2. The first-order valence-electron chi connectivity index (χ1n) is 8.77. The zero-order chi connectivity index (χ0) is 17.0. The zero-order valence-corrected chi connectivity index (χ0v) is 14.4. The van der Waals surface area contributed by atoms with Gasteiger partial charge in [0.1, 0.15) is 18.2 Å². The predicted octanol–water partition coefficient (Wildman–Crippen LogP) is 4.59. The first-order valence-corrected chi connectivity index (χ1v) is 8.77. The Morgan fingerprint density at radius 2 is 1.68 bits per heavy atom. The van der Waals surface area contributed by atoms with Gasteiger partial charge in [0.25, 0.3) is 0 Å². The predicted molar refractivity (Wildman–Crippen MR) is 101 cm³/mol.